The van der Waals surface area contributed by atoms with Crippen LogP contribution in [-0.2, 0) is 9.53 Å². The standard InChI is InChI=1S/C15H18O4/c1-9-7-11(8-10(2)12(9)18-3)13(16)15(5-6-15)14(17)19-4/h7-8H,5-6H2,1-4H3. The van der Waals surface area contributed by atoms with Crippen LogP contribution in [0.1, 0.15) is 34.3 Å². The fraction of sp³-hybridized carbons (Fsp3) is 0.467. The second-order valence-corrected chi connectivity index (χ2v) is 5.05. The maximum absolute atomic E-state index is 12.5. The number of hydrogen-bond acceptors (Lipinski definition) is 4. The Morgan fingerprint density at radius 3 is 2.00 bits per heavy atom. The summed E-state index contributed by atoms with van der Waals surface area (Å²) >= 11 is 0. The van der Waals surface area contributed by atoms with E-state index in [1.807, 2.05) is 13.8 Å². The van der Waals surface area contributed by atoms with Crippen molar-refractivity contribution >= 4 is 11.8 Å². The molecule has 0 bridgehead atoms. The number of hydrogen-bond donors (Lipinski definition) is 0. The minimum atomic E-state index is -0.942. The smallest absolute Gasteiger partial charge is 0.319 e. The zero-order valence-corrected chi connectivity index (χ0v) is 11.7. The quantitative estimate of drug-likeness (QED) is 0.475. The van der Waals surface area contributed by atoms with Gasteiger partial charge in [-0.2, -0.15) is 0 Å². The lowest BCUT2D eigenvalue weighted by atomic mass is 9.92. The van der Waals surface area contributed by atoms with Crippen LogP contribution in [-0.4, -0.2) is 26.0 Å². The van der Waals surface area contributed by atoms with E-state index in [9.17, 15) is 9.59 Å². The molecule has 0 amide bonds. The van der Waals surface area contributed by atoms with E-state index < -0.39 is 11.4 Å². The molecule has 1 aromatic carbocycles. The van der Waals surface area contributed by atoms with Crippen molar-refractivity contribution in [1.29, 1.82) is 0 Å². The molecule has 2 rings (SSSR count). The summed E-state index contributed by atoms with van der Waals surface area (Å²) in [7, 11) is 2.92. The van der Waals surface area contributed by atoms with Crippen LogP contribution < -0.4 is 4.74 Å². The van der Waals surface area contributed by atoms with Crippen LogP contribution >= 0.6 is 0 Å². The first-order valence-electron chi connectivity index (χ1n) is 6.24. The summed E-state index contributed by atoms with van der Waals surface area (Å²) in [6.45, 7) is 3.78. The highest BCUT2D eigenvalue weighted by Crippen LogP contribution is 2.49. The Kier molecular flexibility index (Phi) is 3.35. The Morgan fingerprint density at radius 2 is 1.63 bits per heavy atom. The lowest BCUT2D eigenvalue weighted by Gasteiger charge is -2.14. The van der Waals surface area contributed by atoms with Crippen molar-refractivity contribution in [2.45, 2.75) is 26.7 Å². The van der Waals surface area contributed by atoms with Crippen LogP contribution in [0.2, 0.25) is 0 Å². The monoisotopic (exact) mass is 262 g/mol. The van der Waals surface area contributed by atoms with Crippen molar-refractivity contribution in [3.63, 3.8) is 0 Å². The van der Waals surface area contributed by atoms with Crippen LogP contribution in [0.25, 0.3) is 0 Å². The molecule has 0 atom stereocenters. The summed E-state index contributed by atoms with van der Waals surface area (Å²) in [5.74, 6) is 0.205. The molecule has 0 spiro atoms. The van der Waals surface area contributed by atoms with Gasteiger partial charge in [-0.25, -0.2) is 0 Å². The zero-order chi connectivity index (χ0) is 14.2. The van der Waals surface area contributed by atoms with Gasteiger partial charge in [0.2, 0.25) is 0 Å². The van der Waals surface area contributed by atoms with Gasteiger partial charge in [0.15, 0.2) is 5.78 Å². The van der Waals surface area contributed by atoms with Gasteiger partial charge in [-0.1, -0.05) is 0 Å². The highest BCUT2D eigenvalue weighted by atomic mass is 16.5. The summed E-state index contributed by atoms with van der Waals surface area (Å²) in [5, 5.41) is 0. The Bertz CT molecular complexity index is 518. The zero-order valence-electron chi connectivity index (χ0n) is 11.7. The molecule has 0 aromatic heterocycles. The average molecular weight is 262 g/mol. The van der Waals surface area contributed by atoms with Crippen molar-refractivity contribution in [1.82, 2.24) is 0 Å². The highest BCUT2D eigenvalue weighted by molar-refractivity contribution is 6.15. The maximum Gasteiger partial charge on any atom is 0.319 e. The van der Waals surface area contributed by atoms with E-state index in [0.717, 1.165) is 16.9 Å². The lowest BCUT2D eigenvalue weighted by Crippen LogP contribution is -2.27. The molecular formula is C15H18O4. The van der Waals surface area contributed by atoms with Crippen LogP contribution in [0, 0.1) is 19.3 Å². The molecule has 0 saturated heterocycles. The van der Waals surface area contributed by atoms with Gasteiger partial charge in [-0.05, 0) is 49.9 Å². The first kappa shape index (κ1) is 13.6. The van der Waals surface area contributed by atoms with Gasteiger partial charge in [-0.3, -0.25) is 9.59 Å². The topological polar surface area (TPSA) is 52.6 Å². The second kappa shape index (κ2) is 4.68. The fourth-order valence-electron chi connectivity index (χ4n) is 2.52. The molecule has 1 saturated carbocycles. The van der Waals surface area contributed by atoms with Crippen molar-refractivity contribution in [2.24, 2.45) is 5.41 Å². The van der Waals surface area contributed by atoms with Gasteiger partial charge in [-0.15, -0.1) is 0 Å². The summed E-state index contributed by atoms with van der Waals surface area (Å²) in [6.07, 6.45) is 1.14. The molecule has 0 unspecified atom stereocenters. The lowest BCUT2D eigenvalue weighted by molar-refractivity contribution is -0.145. The first-order chi connectivity index (χ1) is 8.96. The van der Waals surface area contributed by atoms with Gasteiger partial charge in [0.05, 0.1) is 14.2 Å². The summed E-state index contributed by atoms with van der Waals surface area (Å²) in [6, 6.07) is 3.55. The summed E-state index contributed by atoms with van der Waals surface area (Å²) in [5.41, 5.74) is 1.40. The molecule has 4 nitrogen and oxygen atoms in total. The number of Topliss-reactive ketones (excluding diaryl/α,β-unsaturated/α-hetero) is 1. The number of ether oxygens (including phenoxy) is 2. The van der Waals surface area contributed by atoms with E-state index in [1.165, 1.54) is 7.11 Å². The van der Waals surface area contributed by atoms with E-state index in [0.29, 0.717) is 18.4 Å². The number of aryl methyl sites for hydroxylation is 2. The van der Waals surface area contributed by atoms with E-state index in [2.05, 4.69) is 0 Å². The Labute approximate surface area is 112 Å². The Hall–Kier alpha value is -1.84. The van der Waals surface area contributed by atoms with Gasteiger partial charge in [0.25, 0.3) is 0 Å². The third kappa shape index (κ3) is 2.11. The van der Waals surface area contributed by atoms with E-state index in [-0.39, 0.29) is 5.78 Å². The molecule has 0 heterocycles. The second-order valence-electron chi connectivity index (χ2n) is 5.05. The molecular weight excluding hydrogens is 244 g/mol. The van der Waals surface area contributed by atoms with Crippen molar-refractivity contribution in [3.05, 3.63) is 28.8 Å². The minimum absolute atomic E-state index is 0.145. The molecule has 4 heteroatoms. The number of carbonyl (C=O) groups excluding carboxylic acids is 2. The van der Waals surface area contributed by atoms with Crippen molar-refractivity contribution in [3.8, 4) is 5.75 Å². The third-order valence-corrected chi connectivity index (χ3v) is 3.69. The third-order valence-electron chi connectivity index (χ3n) is 3.69. The molecule has 1 aliphatic carbocycles. The number of esters is 1. The predicted molar refractivity (Wildman–Crippen MR) is 70.5 cm³/mol. The normalized spacial score (nSPS) is 15.8. The molecule has 0 radical (unpaired) electrons. The summed E-state index contributed by atoms with van der Waals surface area (Å²) in [4.78, 5) is 24.2. The largest absolute Gasteiger partial charge is 0.496 e. The molecule has 0 N–H and O–H groups in total. The van der Waals surface area contributed by atoms with E-state index in [1.54, 1.807) is 19.2 Å². The predicted octanol–water partition coefficient (Wildman–Crippen LogP) is 2.45. The average Bonchev–Trinajstić information content (AvgIpc) is 3.18. The molecule has 19 heavy (non-hydrogen) atoms. The number of methoxy groups -OCH3 is 2. The van der Waals surface area contributed by atoms with Crippen LogP contribution in [0.15, 0.2) is 12.1 Å². The van der Waals surface area contributed by atoms with Crippen molar-refractivity contribution < 1.29 is 19.1 Å². The van der Waals surface area contributed by atoms with E-state index in [4.69, 9.17) is 9.47 Å². The number of rotatable bonds is 4. The molecule has 1 aromatic rings. The number of benzene rings is 1. The van der Waals surface area contributed by atoms with Crippen LogP contribution in [0.3, 0.4) is 0 Å². The molecule has 0 aliphatic heterocycles. The van der Waals surface area contributed by atoms with Gasteiger partial charge in [0, 0.05) is 5.56 Å². The van der Waals surface area contributed by atoms with Gasteiger partial charge >= 0.3 is 5.97 Å². The summed E-state index contributed by atoms with van der Waals surface area (Å²) < 4.78 is 10.0. The molecule has 102 valence electrons. The Morgan fingerprint density at radius 1 is 1.11 bits per heavy atom. The van der Waals surface area contributed by atoms with Crippen LogP contribution in [0.5, 0.6) is 5.75 Å². The van der Waals surface area contributed by atoms with Gasteiger partial charge < -0.3 is 9.47 Å². The minimum Gasteiger partial charge on any atom is -0.496 e. The van der Waals surface area contributed by atoms with E-state index >= 15 is 0 Å². The Balaban J connectivity index is 2.38. The number of ketones is 1. The maximum atomic E-state index is 12.5. The first-order valence-corrected chi connectivity index (χ1v) is 6.24. The highest BCUT2D eigenvalue weighted by Gasteiger charge is 2.57. The SMILES string of the molecule is COC(=O)C1(C(=O)c2cc(C)c(OC)c(C)c2)CC1. The number of carbonyl (C=O) groups is 2. The van der Waals surface area contributed by atoms with Gasteiger partial charge in [0.1, 0.15) is 11.2 Å². The molecule has 1 aliphatic rings. The van der Waals surface area contributed by atoms with Crippen molar-refractivity contribution in [2.75, 3.05) is 14.2 Å². The van der Waals surface area contributed by atoms with Crippen LogP contribution in [0.4, 0.5) is 0 Å². The molecule has 1 fully saturated rings. The fourth-order valence-corrected chi connectivity index (χ4v) is 2.52.